The van der Waals surface area contributed by atoms with Crippen molar-refractivity contribution < 1.29 is 4.79 Å². The van der Waals surface area contributed by atoms with Gasteiger partial charge >= 0.3 is 0 Å². The minimum absolute atomic E-state index is 0.0183. The Labute approximate surface area is 123 Å². The summed E-state index contributed by atoms with van der Waals surface area (Å²) in [5, 5.41) is 7.31. The number of amides is 1. The predicted octanol–water partition coefficient (Wildman–Crippen LogP) is 2.79. The van der Waals surface area contributed by atoms with Gasteiger partial charge < -0.3 is 10.6 Å². The lowest BCUT2D eigenvalue weighted by Crippen LogP contribution is -2.29. The summed E-state index contributed by atoms with van der Waals surface area (Å²) in [5.74, 6) is 0.0183. The number of carbonyl (C=O) groups is 1. The maximum Gasteiger partial charge on any atom is 0.224 e. The summed E-state index contributed by atoms with van der Waals surface area (Å²) in [6.07, 6.45) is 3.89. The molecule has 0 saturated heterocycles. The zero-order valence-corrected chi connectivity index (χ0v) is 12.2. The van der Waals surface area contributed by atoms with Crippen LogP contribution in [0.5, 0.6) is 0 Å². The van der Waals surface area contributed by atoms with E-state index >= 15 is 0 Å². The molecule has 1 aromatic rings. The van der Waals surface area contributed by atoms with Crippen molar-refractivity contribution in [1.82, 2.24) is 10.6 Å². The van der Waals surface area contributed by atoms with E-state index in [4.69, 9.17) is 23.2 Å². The highest BCUT2D eigenvalue weighted by Crippen LogP contribution is 2.22. The summed E-state index contributed by atoms with van der Waals surface area (Å²) in [7, 11) is 0. The fourth-order valence-corrected chi connectivity index (χ4v) is 2.13. The van der Waals surface area contributed by atoms with Crippen molar-refractivity contribution in [3.63, 3.8) is 0 Å². The SMILES string of the molecule is O=C(Cc1ccc(Cl)c(Cl)c1)NCCCNC1CC1. The third kappa shape index (κ3) is 5.39. The molecular formula is C14H18Cl2N2O. The molecule has 1 saturated carbocycles. The van der Waals surface area contributed by atoms with Crippen molar-refractivity contribution in [2.24, 2.45) is 0 Å². The Balaban J connectivity index is 1.63. The van der Waals surface area contributed by atoms with Gasteiger partial charge in [-0.05, 0) is 43.5 Å². The number of benzene rings is 1. The molecular weight excluding hydrogens is 283 g/mol. The minimum Gasteiger partial charge on any atom is -0.356 e. The molecule has 1 aromatic carbocycles. The molecule has 2 N–H and O–H groups in total. The van der Waals surface area contributed by atoms with Gasteiger partial charge in [-0.2, -0.15) is 0 Å². The average Bonchev–Trinajstić information content (AvgIpc) is 3.17. The molecule has 1 amide bonds. The van der Waals surface area contributed by atoms with E-state index < -0.39 is 0 Å². The van der Waals surface area contributed by atoms with Gasteiger partial charge in [0, 0.05) is 12.6 Å². The van der Waals surface area contributed by atoms with Crippen molar-refractivity contribution in [2.75, 3.05) is 13.1 Å². The van der Waals surface area contributed by atoms with E-state index in [2.05, 4.69) is 10.6 Å². The monoisotopic (exact) mass is 300 g/mol. The Hall–Kier alpha value is -0.770. The zero-order valence-electron chi connectivity index (χ0n) is 10.7. The number of rotatable bonds is 7. The van der Waals surface area contributed by atoms with E-state index in [9.17, 15) is 4.79 Å². The fourth-order valence-electron chi connectivity index (χ4n) is 1.81. The molecule has 0 spiro atoms. The summed E-state index contributed by atoms with van der Waals surface area (Å²) in [6, 6.07) is 6.00. The lowest BCUT2D eigenvalue weighted by Gasteiger charge is -2.06. The van der Waals surface area contributed by atoms with Crippen LogP contribution in [0.2, 0.25) is 10.0 Å². The quantitative estimate of drug-likeness (QED) is 0.760. The Morgan fingerprint density at radius 1 is 1.21 bits per heavy atom. The summed E-state index contributed by atoms with van der Waals surface area (Å²) >= 11 is 11.7. The van der Waals surface area contributed by atoms with Crippen molar-refractivity contribution >= 4 is 29.1 Å². The highest BCUT2D eigenvalue weighted by molar-refractivity contribution is 6.42. The first-order valence-corrected chi connectivity index (χ1v) is 7.35. The molecule has 19 heavy (non-hydrogen) atoms. The third-order valence-corrected chi connectivity index (χ3v) is 3.77. The normalized spacial score (nSPS) is 14.4. The van der Waals surface area contributed by atoms with E-state index in [1.165, 1.54) is 12.8 Å². The highest BCUT2D eigenvalue weighted by atomic mass is 35.5. The van der Waals surface area contributed by atoms with E-state index in [1.54, 1.807) is 12.1 Å². The second-order valence-electron chi connectivity index (χ2n) is 4.86. The van der Waals surface area contributed by atoms with Gasteiger partial charge in [-0.1, -0.05) is 29.3 Å². The molecule has 0 heterocycles. The van der Waals surface area contributed by atoms with E-state index in [-0.39, 0.29) is 5.91 Å². The number of carbonyl (C=O) groups excluding carboxylic acids is 1. The maximum atomic E-state index is 11.7. The number of hydrogen-bond donors (Lipinski definition) is 2. The molecule has 1 fully saturated rings. The van der Waals surface area contributed by atoms with E-state index in [0.717, 1.165) is 24.6 Å². The second kappa shape index (κ2) is 7.13. The van der Waals surface area contributed by atoms with Crippen LogP contribution in [0, 0.1) is 0 Å². The van der Waals surface area contributed by atoms with Gasteiger partial charge in [0.05, 0.1) is 16.5 Å². The topological polar surface area (TPSA) is 41.1 Å². The summed E-state index contributed by atoms with van der Waals surface area (Å²) in [4.78, 5) is 11.7. The molecule has 0 aromatic heterocycles. The minimum atomic E-state index is 0.0183. The van der Waals surface area contributed by atoms with Crippen molar-refractivity contribution in [2.45, 2.75) is 31.7 Å². The van der Waals surface area contributed by atoms with Crippen LogP contribution in [0.4, 0.5) is 0 Å². The molecule has 0 bridgehead atoms. The van der Waals surface area contributed by atoms with Crippen molar-refractivity contribution in [3.05, 3.63) is 33.8 Å². The number of nitrogens with one attached hydrogen (secondary N) is 2. The van der Waals surface area contributed by atoms with Crippen LogP contribution < -0.4 is 10.6 Å². The Kier molecular flexibility index (Phi) is 5.49. The van der Waals surface area contributed by atoms with Crippen LogP contribution in [-0.2, 0) is 11.2 Å². The number of halogens is 2. The summed E-state index contributed by atoms with van der Waals surface area (Å²) in [5.41, 5.74) is 0.878. The van der Waals surface area contributed by atoms with Crippen molar-refractivity contribution in [1.29, 1.82) is 0 Å². The molecule has 0 radical (unpaired) electrons. The molecule has 1 aliphatic rings. The summed E-state index contributed by atoms with van der Waals surface area (Å²) in [6.45, 7) is 1.68. The third-order valence-electron chi connectivity index (χ3n) is 3.03. The van der Waals surface area contributed by atoms with Crippen LogP contribution in [0.15, 0.2) is 18.2 Å². The van der Waals surface area contributed by atoms with Crippen molar-refractivity contribution in [3.8, 4) is 0 Å². The second-order valence-corrected chi connectivity index (χ2v) is 5.67. The number of hydrogen-bond acceptors (Lipinski definition) is 2. The molecule has 0 unspecified atom stereocenters. The molecule has 0 atom stereocenters. The zero-order chi connectivity index (χ0) is 13.7. The Bertz CT molecular complexity index is 447. The first-order valence-electron chi connectivity index (χ1n) is 6.59. The van der Waals surface area contributed by atoms with Crippen LogP contribution in [-0.4, -0.2) is 25.0 Å². The highest BCUT2D eigenvalue weighted by Gasteiger charge is 2.19. The van der Waals surface area contributed by atoms with Gasteiger partial charge in [0.1, 0.15) is 0 Å². The standard InChI is InChI=1S/C14H18Cl2N2O/c15-12-5-2-10(8-13(12)16)9-14(19)18-7-1-6-17-11-3-4-11/h2,5,8,11,17H,1,3-4,6-7,9H2,(H,18,19). The largest absolute Gasteiger partial charge is 0.356 e. The Morgan fingerprint density at radius 2 is 2.00 bits per heavy atom. The first kappa shape index (κ1) is 14.6. The van der Waals surface area contributed by atoms with Gasteiger partial charge in [0.25, 0.3) is 0 Å². The average molecular weight is 301 g/mol. The molecule has 0 aliphatic heterocycles. The molecule has 3 nitrogen and oxygen atoms in total. The molecule has 5 heteroatoms. The fraction of sp³-hybridized carbons (Fsp3) is 0.500. The van der Waals surface area contributed by atoms with Gasteiger partial charge in [-0.15, -0.1) is 0 Å². The van der Waals surface area contributed by atoms with Crippen LogP contribution >= 0.6 is 23.2 Å². The van der Waals surface area contributed by atoms with E-state index in [0.29, 0.717) is 23.0 Å². The lowest BCUT2D eigenvalue weighted by atomic mass is 10.1. The first-order chi connectivity index (χ1) is 9.15. The predicted molar refractivity (Wildman–Crippen MR) is 78.8 cm³/mol. The Morgan fingerprint density at radius 3 is 2.68 bits per heavy atom. The van der Waals surface area contributed by atoms with Gasteiger partial charge in [-0.3, -0.25) is 4.79 Å². The smallest absolute Gasteiger partial charge is 0.224 e. The summed E-state index contributed by atoms with van der Waals surface area (Å²) < 4.78 is 0. The van der Waals surface area contributed by atoms with Gasteiger partial charge in [0.15, 0.2) is 0 Å². The molecule has 104 valence electrons. The van der Waals surface area contributed by atoms with Crippen LogP contribution in [0.1, 0.15) is 24.8 Å². The van der Waals surface area contributed by atoms with Crippen LogP contribution in [0.3, 0.4) is 0 Å². The van der Waals surface area contributed by atoms with Gasteiger partial charge in [-0.25, -0.2) is 0 Å². The molecule has 2 rings (SSSR count). The lowest BCUT2D eigenvalue weighted by molar-refractivity contribution is -0.120. The van der Waals surface area contributed by atoms with E-state index in [1.807, 2.05) is 6.07 Å². The molecule has 1 aliphatic carbocycles. The maximum absolute atomic E-state index is 11.7. The van der Waals surface area contributed by atoms with Gasteiger partial charge in [0.2, 0.25) is 5.91 Å². The van der Waals surface area contributed by atoms with Crippen LogP contribution in [0.25, 0.3) is 0 Å².